The van der Waals surface area contributed by atoms with Crippen LogP contribution in [-0.2, 0) is 4.74 Å². The number of halogens is 1. The number of nitrogens with zero attached hydrogens (tertiary/aromatic N) is 1. The first-order valence-corrected chi connectivity index (χ1v) is 7.11. The molecule has 0 fully saturated rings. The monoisotopic (exact) mass is 297 g/mol. The first-order valence-electron chi connectivity index (χ1n) is 7.11. The number of ether oxygens (including phenoxy) is 2. The van der Waals surface area contributed by atoms with Gasteiger partial charge in [0, 0.05) is 19.5 Å². The van der Waals surface area contributed by atoms with Crippen molar-refractivity contribution < 1.29 is 18.7 Å². The van der Waals surface area contributed by atoms with Crippen molar-refractivity contribution in [2.45, 2.75) is 26.4 Å². The molecule has 4 nitrogen and oxygen atoms in total. The number of Topliss-reactive ketones (excluding diaryl/α,β-unsaturated/α-hetero) is 1. The minimum atomic E-state index is -0.537. The zero-order valence-electron chi connectivity index (χ0n) is 13.2. The predicted octanol–water partition coefficient (Wildman–Crippen LogP) is 2.76. The average Bonchev–Trinajstić information content (AvgIpc) is 2.44. The van der Waals surface area contributed by atoms with Crippen molar-refractivity contribution in [2.75, 3.05) is 33.9 Å². The maximum Gasteiger partial charge on any atom is 0.170 e. The molecule has 1 aromatic rings. The number of likely N-dealkylation sites (N-methyl/N-ethyl adjacent to an activating group) is 1. The Morgan fingerprint density at radius 2 is 2.05 bits per heavy atom. The fraction of sp³-hybridized carbons (Fsp3) is 0.562. The van der Waals surface area contributed by atoms with Gasteiger partial charge < -0.3 is 14.4 Å². The second-order valence-corrected chi connectivity index (χ2v) is 5.21. The second kappa shape index (κ2) is 8.74. The van der Waals surface area contributed by atoms with Gasteiger partial charge >= 0.3 is 0 Å². The number of benzene rings is 1. The molecule has 0 N–H and O–H groups in total. The molecule has 0 aliphatic rings. The Morgan fingerprint density at radius 1 is 1.33 bits per heavy atom. The topological polar surface area (TPSA) is 38.8 Å². The van der Waals surface area contributed by atoms with E-state index in [1.54, 1.807) is 6.07 Å². The van der Waals surface area contributed by atoms with Gasteiger partial charge in [0.25, 0.3) is 0 Å². The van der Waals surface area contributed by atoms with Gasteiger partial charge in [-0.05, 0) is 33.0 Å². The van der Waals surface area contributed by atoms with Crippen molar-refractivity contribution in [1.29, 1.82) is 0 Å². The lowest BCUT2D eigenvalue weighted by Gasteiger charge is -2.17. The Kier molecular flexibility index (Phi) is 7.32. The van der Waals surface area contributed by atoms with Crippen LogP contribution in [0.4, 0.5) is 4.39 Å². The molecule has 0 heterocycles. The molecule has 0 bridgehead atoms. The smallest absolute Gasteiger partial charge is 0.170 e. The van der Waals surface area contributed by atoms with Gasteiger partial charge in [-0.25, -0.2) is 4.39 Å². The van der Waals surface area contributed by atoms with Gasteiger partial charge in [0.1, 0.15) is 11.6 Å². The van der Waals surface area contributed by atoms with Crippen molar-refractivity contribution in [2.24, 2.45) is 0 Å². The van der Waals surface area contributed by atoms with Gasteiger partial charge in [0.05, 0.1) is 25.4 Å². The molecule has 0 saturated heterocycles. The van der Waals surface area contributed by atoms with E-state index in [-0.39, 0.29) is 29.6 Å². The lowest BCUT2D eigenvalue weighted by atomic mass is 10.1. The molecular formula is C16H24FNO3. The van der Waals surface area contributed by atoms with Crippen molar-refractivity contribution in [3.63, 3.8) is 0 Å². The Morgan fingerprint density at radius 3 is 2.67 bits per heavy atom. The summed E-state index contributed by atoms with van der Waals surface area (Å²) in [7, 11) is 3.34. The third-order valence-corrected chi connectivity index (χ3v) is 3.12. The molecule has 118 valence electrons. The third-order valence-electron chi connectivity index (χ3n) is 3.12. The fourth-order valence-corrected chi connectivity index (χ4v) is 1.92. The van der Waals surface area contributed by atoms with Crippen LogP contribution >= 0.6 is 0 Å². The van der Waals surface area contributed by atoms with Gasteiger partial charge in [-0.15, -0.1) is 0 Å². The average molecular weight is 297 g/mol. The van der Waals surface area contributed by atoms with E-state index in [4.69, 9.17) is 9.47 Å². The summed E-state index contributed by atoms with van der Waals surface area (Å²) in [4.78, 5) is 14.1. The predicted molar refractivity (Wildman–Crippen MR) is 80.5 cm³/mol. The third kappa shape index (κ3) is 5.81. The zero-order chi connectivity index (χ0) is 15.8. The van der Waals surface area contributed by atoms with Crippen LogP contribution in [-0.4, -0.2) is 50.6 Å². The molecule has 0 saturated carbocycles. The fourth-order valence-electron chi connectivity index (χ4n) is 1.92. The number of rotatable bonds is 9. The lowest BCUT2D eigenvalue weighted by Crippen LogP contribution is -2.27. The van der Waals surface area contributed by atoms with E-state index in [1.165, 1.54) is 19.2 Å². The maximum absolute atomic E-state index is 13.8. The second-order valence-electron chi connectivity index (χ2n) is 5.21. The number of ketones is 1. The summed E-state index contributed by atoms with van der Waals surface area (Å²) in [5.74, 6) is -0.502. The minimum Gasteiger partial charge on any atom is -0.496 e. The number of hydrogen-bond acceptors (Lipinski definition) is 4. The minimum absolute atomic E-state index is 0.0341. The summed E-state index contributed by atoms with van der Waals surface area (Å²) >= 11 is 0. The van der Waals surface area contributed by atoms with Gasteiger partial charge in [-0.3, -0.25) is 4.79 Å². The summed E-state index contributed by atoms with van der Waals surface area (Å²) in [5, 5.41) is 0. The molecule has 0 amide bonds. The van der Waals surface area contributed by atoms with E-state index < -0.39 is 5.82 Å². The van der Waals surface area contributed by atoms with E-state index in [9.17, 15) is 9.18 Å². The highest BCUT2D eigenvalue weighted by molar-refractivity contribution is 5.99. The normalized spacial score (nSPS) is 11.2. The number of carbonyl (C=O) groups excluding carboxylic acids is 1. The number of methoxy groups -OCH3 is 1. The zero-order valence-corrected chi connectivity index (χ0v) is 13.2. The Hall–Kier alpha value is -1.46. The van der Waals surface area contributed by atoms with Crippen LogP contribution < -0.4 is 4.74 Å². The molecule has 1 aromatic carbocycles. The van der Waals surface area contributed by atoms with Gasteiger partial charge in [-0.1, -0.05) is 6.07 Å². The molecule has 0 aromatic heterocycles. The highest BCUT2D eigenvalue weighted by atomic mass is 19.1. The van der Waals surface area contributed by atoms with Gasteiger partial charge in [0.2, 0.25) is 0 Å². The molecule has 0 spiro atoms. The van der Waals surface area contributed by atoms with Gasteiger partial charge in [-0.2, -0.15) is 0 Å². The van der Waals surface area contributed by atoms with E-state index >= 15 is 0 Å². The Labute approximate surface area is 125 Å². The first kappa shape index (κ1) is 17.6. The highest BCUT2D eigenvalue weighted by Crippen LogP contribution is 2.22. The van der Waals surface area contributed by atoms with Crippen molar-refractivity contribution in [3.05, 3.63) is 29.6 Å². The van der Waals surface area contributed by atoms with Crippen molar-refractivity contribution >= 4 is 5.78 Å². The molecular weight excluding hydrogens is 273 g/mol. The summed E-state index contributed by atoms with van der Waals surface area (Å²) in [6.07, 6.45) is 0.442. The summed E-state index contributed by atoms with van der Waals surface area (Å²) in [6, 6.07) is 4.40. The van der Waals surface area contributed by atoms with Crippen LogP contribution in [0.15, 0.2) is 18.2 Å². The van der Waals surface area contributed by atoms with E-state index in [0.717, 1.165) is 6.54 Å². The van der Waals surface area contributed by atoms with Crippen LogP contribution in [0.3, 0.4) is 0 Å². The van der Waals surface area contributed by atoms with Crippen LogP contribution in [0.2, 0.25) is 0 Å². The van der Waals surface area contributed by atoms with Gasteiger partial charge in [0.15, 0.2) is 5.78 Å². The highest BCUT2D eigenvalue weighted by Gasteiger charge is 2.17. The van der Waals surface area contributed by atoms with Crippen LogP contribution in [0.1, 0.15) is 30.6 Å². The van der Waals surface area contributed by atoms with Crippen LogP contribution in [0.5, 0.6) is 5.75 Å². The molecule has 0 aliphatic heterocycles. The lowest BCUT2D eigenvalue weighted by molar-refractivity contribution is 0.0628. The first-order chi connectivity index (χ1) is 9.95. The largest absolute Gasteiger partial charge is 0.496 e. The number of carbonyl (C=O) groups is 1. The van der Waals surface area contributed by atoms with Crippen molar-refractivity contribution in [3.8, 4) is 5.75 Å². The molecule has 5 heteroatoms. The maximum atomic E-state index is 13.8. The summed E-state index contributed by atoms with van der Waals surface area (Å²) in [6.45, 7) is 5.87. The molecule has 0 atom stereocenters. The van der Waals surface area contributed by atoms with E-state index in [2.05, 4.69) is 0 Å². The number of hydrogen-bond donors (Lipinski definition) is 0. The SMILES string of the molecule is COc1cccc(F)c1C(=O)CCN(C)CCOC(C)C. The summed E-state index contributed by atoms with van der Waals surface area (Å²) < 4.78 is 24.3. The van der Waals surface area contributed by atoms with E-state index in [0.29, 0.717) is 13.2 Å². The molecule has 0 radical (unpaired) electrons. The van der Waals surface area contributed by atoms with E-state index in [1.807, 2.05) is 25.8 Å². The Balaban J connectivity index is 2.51. The van der Waals surface area contributed by atoms with Crippen molar-refractivity contribution in [1.82, 2.24) is 4.90 Å². The summed E-state index contributed by atoms with van der Waals surface area (Å²) in [5.41, 5.74) is 0.0341. The Bertz CT molecular complexity index is 463. The molecule has 21 heavy (non-hydrogen) atoms. The quantitative estimate of drug-likeness (QED) is 0.657. The molecule has 1 rings (SSSR count). The van der Waals surface area contributed by atoms with Crippen LogP contribution in [0.25, 0.3) is 0 Å². The molecule has 0 unspecified atom stereocenters. The molecule has 0 aliphatic carbocycles. The van der Waals surface area contributed by atoms with Crippen LogP contribution in [0, 0.1) is 5.82 Å². The standard InChI is InChI=1S/C16H24FNO3/c1-12(2)21-11-10-18(3)9-8-14(19)16-13(17)6-5-7-15(16)20-4/h5-7,12H,8-11H2,1-4H3.